The molecule has 0 aromatic heterocycles. The minimum atomic E-state index is -0.712. The summed E-state index contributed by atoms with van der Waals surface area (Å²) in [6, 6.07) is 2.33. The second kappa shape index (κ2) is 13.3. The maximum atomic E-state index is 14.5. The SMILES string of the molecule is CNC/C(N)=C/N(N)c1cc(F)c(N2CCN(C(=O)CBr)CC2)c(F)c1.COC=S. The van der Waals surface area contributed by atoms with Gasteiger partial charge in [-0.25, -0.2) is 14.6 Å². The molecular formula is C18H27BrF2N6O2S. The predicted octanol–water partition coefficient (Wildman–Crippen LogP) is 1.30. The Morgan fingerprint density at radius 1 is 1.33 bits per heavy atom. The quantitative estimate of drug-likeness (QED) is 0.219. The first-order valence-electron chi connectivity index (χ1n) is 8.97. The third-order valence-electron chi connectivity index (χ3n) is 4.14. The Kier molecular flexibility index (Phi) is 11.5. The zero-order valence-corrected chi connectivity index (χ0v) is 19.3. The first kappa shape index (κ1) is 26.0. The molecule has 0 unspecified atom stereocenters. The van der Waals surface area contributed by atoms with Gasteiger partial charge in [-0.3, -0.25) is 9.80 Å². The van der Waals surface area contributed by atoms with Gasteiger partial charge in [0.15, 0.2) is 11.6 Å². The highest BCUT2D eigenvalue weighted by atomic mass is 79.9. The Labute approximate surface area is 188 Å². The van der Waals surface area contributed by atoms with E-state index in [0.29, 0.717) is 38.4 Å². The monoisotopic (exact) mass is 508 g/mol. The number of carbonyl (C=O) groups excluding carboxylic acids is 1. The molecule has 0 spiro atoms. The molecule has 0 bridgehead atoms. The number of hydrogen-bond donors (Lipinski definition) is 3. The molecule has 12 heteroatoms. The van der Waals surface area contributed by atoms with Crippen molar-refractivity contribution >= 4 is 51.0 Å². The van der Waals surface area contributed by atoms with Gasteiger partial charge in [0, 0.05) is 56.8 Å². The standard InChI is InChI=1S/C16H23BrF2N6O.C2H4OS/c1-22-9-11(20)10-25(21)12-6-13(18)16(14(19)7-12)24-4-2-23(3-5-24)15(26)8-17;1-3-2-4/h6-7,10,22H,2-5,8-9,20-21H2,1H3;2H,1H3/b11-10-;. The van der Waals surface area contributed by atoms with E-state index in [1.165, 1.54) is 18.9 Å². The molecule has 30 heavy (non-hydrogen) atoms. The number of ether oxygens (including phenoxy) is 1. The summed E-state index contributed by atoms with van der Waals surface area (Å²) in [5, 5.41) is 4.17. The van der Waals surface area contributed by atoms with Gasteiger partial charge in [-0.1, -0.05) is 15.9 Å². The summed E-state index contributed by atoms with van der Waals surface area (Å²) in [7, 11) is 3.24. The molecule has 1 aromatic carbocycles. The summed E-state index contributed by atoms with van der Waals surface area (Å²) in [6.45, 7) is 1.93. The molecule has 8 nitrogen and oxygen atoms in total. The van der Waals surface area contributed by atoms with E-state index in [2.05, 4.69) is 38.2 Å². The first-order chi connectivity index (χ1) is 14.3. The minimum Gasteiger partial charge on any atom is -0.493 e. The number of piperazine rings is 1. The molecule has 1 aliphatic rings. The number of nitrogens with two attached hydrogens (primary N) is 2. The van der Waals surface area contributed by atoms with E-state index in [9.17, 15) is 13.6 Å². The molecule has 0 radical (unpaired) electrons. The molecule has 1 amide bonds. The number of alkyl halides is 1. The number of thiocarbonyl (C=S) groups is 1. The number of anilines is 2. The van der Waals surface area contributed by atoms with Crippen molar-refractivity contribution in [2.24, 2.45) is 11.6 Å². The number of benzene rings is 1. The van der Waals surface area contributed by atoms with Gasteiger partial charge in [0.2, 0.25) is 5.91 Å². The van der Waals surface area contributed by atoms with E-state index in [-0.39, 0.29) is 22.6 Å². The smallest absolute Gasteiger partial charge is 0.233 e. The number of amides is 1. The van der Waals surface area contributed by atoms with Crippen LogP contribution in [0.15, 0.2) is 24.0 Å². The number of hydrogen-bond acceptors (Lipinski definition) is 8. The predicted molar refractivity (Wildman–Crippen MR) is 122 cm³/mol. The van der Waals surface area contributed by atoms with Crippen LogP contribution in [0.25, 0.3) is 0 Å². The maximum absolute atomic E-state index is 14.5. The summed E-state index contributed by atoms with van der Waals surface area (Å²) in [6.07, 6.45) is 1.40. The highest BCUT2D eigenvalue weighted by Gasteiger charge is 2.25. The van der Waals surface area contributed by atoms with Crippen molar-refractivity contribution in [3.63, 3.8) is 0 Å². The highest BCUT2D eigenvalue weighted by Crippen LogP contribution is 2.29. The summed E-state index contributed by atoms with van der Waals surface area (Å²) in [4.78, 5) is 14.9. The first-order valence-corrected chi connectivity index (χ1v) is 10.6. The summed E-state index contributed by atoms with van der Waals surface area (Å²) in [5.41, 5.74) is 7.41. The minimum absolute atomic E-state index is 0.0364. The van der Waals surface area contributed by atoms with Crippen molar-refractivity contribution in [1.29, 1.82) is 0 Å². The molecule has 0 aliphatic carbocycles. The van der Waals surface area contributed by atoms with Crippen molar-refractivity contribution in [3.8, 4) is 0 Å². The van der Waals surface area contributed by atoms with Crippen molar-refractivity contribution in [1.82, 2.24) is 10.2 Å². The number of nitrogens with zero attached hydrogens (tertiary/aromatic N) is 3. The van der Waals surface area contributed by atoms with Crippen LogP contribution in [-0.2, 0) is 9.53 Å². The molecule has 1 saturated heterocycles. The van der Waals surface area contributed by atoms with Crippen molar-refractivity contribution in [3.05, 3.63) is 35.7 Å². The molecule has 5 N–H and O–H groups in total. The fourth-order valence-electron chi connectivity index (χ4n) is 2.77. The Morgan fingerprint density at radius 3 is 2.30 bits per heavy atom. The zero-order valence-electron chi connectivity index (χ0n) is 16.9. The molecule has 168 valence electrons. The van der Waals surface area contributed by atoms with E-state index in [1.807, 2.05) is 0 Å². The van der Waals surface area contributed by atoms with Gasteiger partial charge >= 0.3 is 0 Å². The molecule has 0 saturated carbocycles. The van der Waals surface area contributed by atoms with E-state index in [1.54, 1.807) is 16.8 Å². The van der Waals surface area contributed by atoms with Crippen molar-refractivity contribution in [2.75, 3.05) is 62.1 Å². The summed E-state index contributed by atoms with van der Waals surface area (Å²) in [5.74, 6) is 4.35. The topological polar surface area (TPSA) is 100 Å². The average molecular weight is 509 g/mol. The van der Waals surface area contributed by atoms with Crippen LogP contribution in [0.1, 0.15) is 0 Å². The van der Waals surface area contributed by atoms with Crippen molar-refractivity contribution in [2.45, 2.75) is 0 Å². The number of halogens is 3. The lowest BCUT2D eigenvalue weighted by Crippen LogP contribution is -2.49. The van der Waals surface area contributed by atoms with Crippen LogP contribution < -0.4 is 26.8 Å². The van der Waals surface area contributed by atoms with Crippen LogP contribution >= 0.6 is 28.1 Å². The number of nitrogens with one attached hydrogen (secondary N) is 1. The maximum Gasteiger partial charge on any atom is 0.233 e. The van der Waals surface area contributed by atoms with E-state index in [4.69, 9.17) is 11.6 Å². The van der Waals surface area contributed by atoms with Crippen LogP contribution in [0.2, 0.25) is 0 Å². The molecule has 1 fully saturated rings. The lowest BCUT2D eigenvalue weighted by molar-refractivity contribution is -0.128. The number of rotatable bonds is 7. The van der Waals surface area contributed by atoms with E-state index < -0.39 is 11.6 Å². The van der Waals surface area contributed by atoms with Crippen molar-refractivity contribution < 1.29 is 18.3 Å². The van der Waals surface area contributed by atoms with Gasteiger partial charge in [0.05, 0.1) is 18.1 Å². The Hall–Kier alpha value is -2.02. The van der Waals surface area contributed by atoms with Gasteiger partial charge in [-0.05, 0) is 19.3 Å². The van der Waals surface area contributed by atoms with E-state index >= 15 is 0 Å². The lowest BCUT2D eigenvalue weighted by Gasteiger charge is -2.36. The molecule has 2 rings (SSSR count). The molecule has 0 atom stereocenters. The summed E-state index contributed by atoms with van der Waals surface area (Å²) >= 11 is 7.33. The van der Waals surface area contributed by atoms with Gasteiger partial charge in [0.25, 0.3) is 0 Å². The second-order valence-corrected chi connectivity index (χ2v) is 6.99. The zero-order chi connectivity index (χ0) is 22.7. The number of hydrazine groups is 1. The largest absolute Gasteiger partial charge is 0.493 e. The van der Waals surface area contributed by atoms with Crippen LogP contribution in [-0.4, -0.2) is 68.6 Å². The Bertz CT molecular complexity index is 724. The molecule has 1 aliphatic heterocycles. The highest BCUT2D eigenvalue weighted by molar-refractivity contribution is 9.09. The lowest BCUT2D eigenvalue weighted by atomic mass is 10.2. The summed E-state index contributed by atoms with van der Waals surface area (Å²) < 4.78 is 33.3. The molecule has 1 heterocycles. The normalized spacial score (nSPS) is 14.0. The van der Waals surface area contributed by atoms with Gasteiger partial charge in [0.1, 0.15) is 11.2 Å². The van der Waals surface area contributed by atoms with Gasteiger partial charge < -0.3 is 25.6 Å². The molecule has 1 aromatic rings. The second-order valence-electron chi connectivity index (χ2n) is 6.23. The van der Waals surface area contributed by atoms with Crippen LogP contribution in [0.5, 0.6) is 0 Å². The van der Waals surface area contributed by atoms with E-state index in [0.717, 1.165) is 17.1 Å². The number of carbonyl (C=O) groups is 1. The molecular weight excluding hydrogens is 482 g/mol. The van der Waals surface area contributed by atoms with Crippen LogP contribution in [0, 0.1) is 11.6 Å². The fourth-order valence-corrected chi connectivity index (χ4v) is 3.12. The number of likely N-dealkylation sites (N-methyl/N-ethyl adjacent to an activating group) is 1. The third-order valence-corrected chi connectivity index (χ3v) is 4.82. The Balaban J connectivity index is 0.00000103. The fraction of sp³-hybridized carbons (Fsp3) is 0.444. The number of methoxy groups -OCH3 is 1. The van der Waals surface area contributed by atoms with Crippen LogP contribution in [0.3, 0.4) is 0 Å². The third kappa shape index (κ3) is 7.67. The van der Waals surface area contributed by atoms with Crippen LogP contribution in [0.4, 0.5) is 20.2 Å². The van der Waals surface area contributed by atoms with Gasteiger partial charge in [-0.2, -0.15) is 0 Å². The average Bonchev–Trinajstić information content (AvgIpc) is 2.73. The Morgan fingerprint density at radius 2 is 1.87 bits per heavy atom. The van der Waals surface area contributed by atoms with Gasteiger partial charge in [-0.15, -0.1) is 0 Å².